The lowest BCUT2D eigenvalue weighted by Crippen LogP contribution is -2.71. The second kappa shape index (κ2) is 7.52. The van der Waals surface area contributed by atoms with Gasteiger partial charge in [-0.3, -0.25) is 8.68 Å². The molecular weight excluding hydrogens is 445 g/mol. The molecule has 0 aromatic carbocycles. The van der Waals surface area contributed by atoms with Gasteiger partial charge in [-0.15, -0.1) is 0 Å². The third kappa shape index (κ3) is 5.14. The molecular formula is C12H36Cl2N4P2Si4. The topological polar surface area (TPSA) is 13.0 Å². The van der Waals surface area contributed by atoms with Crippen molar-refractivity contribution < 1.29 is 0 Å². The highest BCUT2D eigenvalue weighted by molar-refractivity contribution is 8.05. The number of rotatable bonds is 6. The van der Waals surface area contributed by atoms with Crippen molar-refractivity contribution in [2.45, 2.75) is 78.6 Å². The summed E-state index contributed by atoms with van der Waals surface area (Å²) < 4.78 is 10.1. The Morgan fingerprint density at radius 1 is 0.500 bits per heavy atom. The van der Waals surface area contributed by atoms with Crippen molar-refractivity contribution in [3.63, 3.8) is 0 Å². The quantitative estimate of drug-likeness (QED) is 0.291. The fourth-order valence-corrected chi connectivity index (χ4v) is 37.7. The molecule has 0 unspecified atom stereocenters. The zero-order chi connectivity index (χ0) is 19.5. The van der Waals surface area contributed by atoms with Gasteiger partial charge in [-0.05, 0) is 0 Å². The molecule has 1 heterocycles. The highest BCUT2D eigenvalue weighted by Crippen LogP contribution is 2.83. The Morgan fingerprint density at radius 3 is 0.792 bits per heavy atom. The van der Waals surface area contributed by atoms with Crippen LogP contribution in [0, 0.1) is 0 Å². The molecule has 0 aliphatic carbocycles. The average Bonchev–Trinajstić information content (AvgIpc) is 2.25. The third-order valence-corrected chi connectivity index (χ3v) is 25.7. The largest absolute Gasteiger partial charge is 0.273 e. The predicted octanol–water partition coefficient (Wildman–Crippen LogP) is 7.31. The van der Waals surface area contributed by atoms with Crippen molar-refractivity contribution in [2.24, 2.45) is 0 Å². The molecule has 0 N–H and O–H groups in total. The van der Waals surface area contributed by atoms with E-state index < -0.39 is 48.1 Å². The minimum atomic E-state index is -1.53. The van der Waals surface area contributed by atoms with Gasteiger partial charge in [0.05, 0.1) is 0 Å². The van der Waals surface area contributed by atoms with Gasteiger partial charge in [0.1, 0.15) is 32.9 Å². The van der Waals surface area contributed by atoms with Crippen LogP contribution >= 0.6 is 37.6 Å². The van der Waals surface area contributed by atoms with Crippen molar-refractivity contribution in [1.29, 1.82) is 0 Å². The normalized spacial score (nSPS) is 25.5. The van der Waals surface area contributed by atoms with Gasteiger partial charge in [0.25, 0.3) is 0 Å². The van der Waals surface area contributed by atoms with Crippen LogP contribution in [0.5, 0.6) is 0 Å². The lowest BCUT2D eigenvalue weighted by molar-refractivity contribution is 0.290. The number of halogens is 2. The second-order valence-electron chi connectivity index (χ2n) is 10.3. The van der Waals surface area contributed by atoms with Gasteiger partial charge in [0, 0.05) is 0 Å². The molecule has 1 aliphatic heterocycles. The number of hydrogen-bond acceptors (Lipinski definition) is 4. The van der Waals surface area contributed by atoms with E-state index in [0.29, 0.717) is 0 Å². The lowest BCUT2D eigenvalue weighted by Gasteiger charge is -2.65. The van der Waals surface area contributed by atoms with E-state index in [2.05, 4.69) is 96.3 Å². The monoisotopic (exact) mass is 480 g/mol. The molecule has 1 fully saturated rings. The Morgan fingerprint density at radius 2 is 0.667 bits per heavy atom. The maximum atomic E-state index is 7.04. The standard InChI is InChI=1S/C12H36Cl2N4P2Si4/c1-21(2,3)17(22(4,5)6)15-19(13)16(20(15)14)18(23(7,8)9)24(10,11)12/h1-12H3. The summed E-state index contributed by atoms with van der Waals surface area (Å²) in [6.45, 7) is 28.9. The van der Waals surface area contributed by atoms with Crippen molar-refractivity contribution in [1.82, 2.24) is 17.8 Å². The van der Waals surface area contributed by atoms with Gasteiger partial charge in [0.2, 0.25) is 0 Å². The van der Waals surface area contributed by atoms with E-state index in [4.69, 9.17) is 22.5 Å². The minimum Gasteiger partial charge on any atom is -0.273 e. The molecule has 24 heavy (non-hydrogen) atoms. The van der Waals surface area contributed by atoms with Crippen molar-refractivity contribution in [2.75, 3.05) is 0 Å². The average molecular weight is 482 g/mol. The molecule has 0 bridgehead atoms. The summed E-state index contributed by atoms with van der Waals surface area (Å²) in [5, 5.41) is 0. The fraction of sp³-hybridized carbons (Fsp3) is 1.00. The zero-order valence-corrected chi connectivity index (χ0v) is 24.7. The van der Waals surface area contributed by atoms with Crippen LogP contribution in [0.3, 0.4) is 0 Å². The summed E-state index contributed by atoms with van der Waals surface area (Å²) in [6, 6.07) is 0. The fourth-order valence-electron chi connectivity index (χ4n) is 3.61. The molecule has 0 atom stereocenters. The van der Waals surface area contributed by atoms with E-state index in [1.54, 1.807) is 0 Å². The van der Waals surface area contributed by atoms with Crippen LogP contribution in [0.4, 0.5) is 0 Å². The van der Waals surface area contributed by atoms with Crippen molar-refractivity contribution in [3.05, 3.63) is 0 Å². The molecule has 1 saturated heterocycles. The summed E-state index contributed by atoms with van der Waals surface area (Å²) in [5.41, 5.74) is 0. The van der Waals surface area contributed by atoms with Crippen LogP contribution < -0.4 is 0 Å². The minimum absolute atomic E-state index is 0.893. The van der Waals surface area contributed by atoms with Crippen molar-refractivity contribution >= 4 is 70.6 Å². The first kappa shape index (κ1) is 24.2. The van der Waals surface area contributed by atoms with Crippen LogP contribution in [-0.4, -0.2) is 50.7 Å². The summed E-state index contributed by atoms with van der Waals surface area (Å²) in [4.78, 5) is 0. The molecule has 1 aliphatic rings. The van der Waals surface area contributed by atoms with E-state index in [1.807, 2.05) is 0 Å². The van der Waals surface area contributed by atoms with Gasteiger partial charge < -0.3 is 0 Å². The molecule has 144 valence electrons. The molecule has 4 nitrogen and oxygen atoms in total. The first-order chi connectivity index (χ1) is 10.3. The second-order valence-corrected chi connectivity index (χ2v) is 35.2. The highest BCUT2D eigenvalue weighted by atomic mass is 35.7. The Labute approximate surface area is 166 Å². The number of hydrazine groups is 2. The molecule has 0 aromatic rings. The van der Waals surface area contributed by atoms with E-state index >= 15 is 0 Å². The molecule has 0 spiro atoms. The Kier molecular flexibility index (Phi) is 7.58. The maximum absolute atomic E-state index is 7.04. The van der Waals surface area contributed by atoms with Gasteiger partial charge in [-0.1, -0.05) is 101 Å². The van der Waals surface area contributed by atoms with Crippen LogP contribution in [0.15, 0.2) is 0 Å². The molecule has 0 aromatic heterocycles. The smallest absolute Gasteiger partial charge is 0.178 e. The van der Waals surface area contributed by atoms with E-state index in [0.717, 1.165) is 0 Å². The summed E-state index contributed by atoms with van der Waals surface area (Å²) in [5.74, 6) is 0. The first-order valence-electron chi connectivity index (χ1n) is 8.43. The highest BCUT2D eigenvalue weighted by Gasteiger charge is 2.59. The zero-order valence-electron chi connectivity index (χ0n) is 17.4. The predicted molar refractivity (Wildman–Crippen MR) is 126 cm³/mol. The molecule has 0 radical (unpaired) electrons. The van der Waals surface area contributed by atoms with Gasteiger partial charge >= 0.3 is 0 Å². The van der Waals surface area contributed by atoms with Crippen LogP contribution in [0.2, 0.25) is 78.6 Å². The van der Waals surface area contributed by atoms with Crippen LogP contribution in [-0.2, 0) is 0 Å². The molecule has 12 heteroatoms. The first-order valence-corrected chi connectivity index (χ1v) is 26.5. The Balaban J connectivity index is 3.22. The van der Waals surface area contributed by atoms with Gasteiger partial charge in [-0.25, -0.2) is 0 Å². The summed E-state index contributed by atoms with van der Waals surface area (Å²) in [7, 11) is -7.92. The van der Waals surface area contributed by atoms with E-state index in [-0.39, 0.29) is 0 Å². The van der Waals surface area contributed by atoms with E-state index in [1.165, 1.54) is 0 Å². The number of hydrogen-bond donors (Lipinski definition) is 0. The molecule has 0 amide bonds. The molecule has 0 saturated carbocycles. The van der Waals surface area contributed by atoms with Crippen molar-refractivity contribution in [3.8, 4) is 0 Å². The lowest BCUT2D eigenvalue weighted by atomic mass is 11.8. The summed E-state index contributed by atoms with van der Waals surface area (Å²) in [6.07, 6.45) is 0. The van der Waals surface area contributed by atoms with Crippen LogP contribution in [0.1, 0.15) is 0 Å². The molecule has 1 rings (SSSR count). The van der Waals surface area contributed by atoms with E-state index in [9.17, 15) is 0 Å². The summed E-state index contributed by atoms with van der Waals surface area (Å²) >= 11 is 14.1. The maximum Gasteiger partial charge on any atom is 0.178 e. The SMILES string of the molecule is C[Si](C)(C)N(N1P(Cl)N(N([Si](C)(C)C)[Si](C)(C)C)P1Cl)[Si](C)(C)C. The van der Waals surface area contributed by atoms with Gasteiger partial charge in [-0.2, -0.15) is 9.10 Å². The van der Waals surface area contributed by atoms with Gasteiger partial charge in [0.15, 0.2) is 15.2 Å². The van der Waals surface area contributed by atoms with Crippen LogP contribution in [0.25, 0.3) is 0 Å². The Hall–Kier alpha value is 2.15. The number of nitrogens with zero attached hydrogens (tertiary/aromatic N) is 4. The third-order valence-electron chi connectivity index (χ3n) is 3.49. The Bertz CT molecular complexity index is 384.